The third kappa shape index (κ3) is 4.34. The minimum atomic E-state index is -3.57. The average Bonchev–Trinajstić information content (AvgIpc) is 3.08. The zero-order valence-corrected chi connectivity index (χ0v) is 16.7. The average molecular weight is 386 g/mol. The van der Waals surface area contributed by atoms with Gasteiger partial charge in [0.15, 0.2) is 0 Å². The van der Waals surface area contributed by atoms with E-state index in [9.17, 15) is 8.42 Å². The predicted molar refractivity (Wildman–Crippen MR) is 110 cm³/mol. The zero-order valence-electron chi connectivity index (χ0n) is 15.0. The summed E-state index contributed by atoms with van der Waals surface area (Å²) in [4.78, 5) is 1.36. The van der Waals surface area contributed by atoms with Gasteiger partial charge in [-0.1, -0.05) is 55.8 Å². The van der Waals surface area contributed by atoms with Gasteiger partial charge >= 0.3 is 0 Å². The molecule has 3 rings (SSSR count). The molecule has 136 valence electrons. The Morgan fingerprint density at radius 1 is 1.04 bits per heavy atom. The number of nitrogens with one attached hydrogen (secondary N) is 1. The maximum atomic E-state index is 12.6. The molecule has 0 saturated heterocycles. The van der Waals surface area contributed by atoms with Crippen LogP contribution < -0.4 is 4.72 Å². The van der Waals surface area contributed by atoms with Crippen LogP contribution in [0.2, 0.25) is 0 Å². The molecular weight excluding hydrogens is 362 g/mol. The fourth-order valence-corrected chi connectivity index (χ4v) is 5.04. The topological polar surface area (TPSA) is 46.2 Å². The van der Waals surface area contributed by atoms with Crippen LogP contribution >= 0.6 is 11.3 Å². The molecule has 0 fully saturated rings. The number of sulfonamides is 1. The summed E-state index contributed by atoms with van der Waals surface area (Å²) in [6.07, 6.45) is 3.49. The van der Waals surface area contributed by atoms with Crippen molar-refractivity contribution in [3.8, 4) is 10.4 Å². The number of hydrogen-bond donors (Lipinski definition) is 1. The summed E-state index contributed by atoms with van der Waals surface area (Å²) in [6.45, 7) is 3.99. The third-order valence-corrected chi connectivity index (χ3v) is 6.81. The molecular formula is C21H23NO2S2. The Hall–Kier alpha value is -2.11. The van der Waals surface area contributed by atoms with E-state index in [-0.39, 0.29) is 0 Å². The largest absolute Gasteiger partial charge is 0.279 e. The van der Waals surface area contributed by atoms with Gasteiger partial charge in [0.2, 0.25) is 0 Å². The minimum absolute atomic E-state index is 0.313. The molecule has 26 heavy (non-hydrogen) atoms. The summed E-state index contributed by atoms with van der Waals surface area (Å²) in [5, 5.41) is 1.84. The molecule has 3 nitrogen and oxygen atoms in total. The Morgan fingerprint density at radius 2 is 1.77 bits per heavy atom. The van der Waals surface area contributed by atoms with Gasteiger partial charge in [0.05, 0.1) is 10.6 Å². The number of hydrogen-bond acceptors (Lipinski definition) is 3. The van der Waals surface area contributed by atoms with E-state index in [1.807, 2.05) is 17.5 Å². The molecule has 1 heterocycles. The van der Waals surface area contributed by atoms with E-state index in [0.29, 0.717) is 10.6 Å². The summed E-state index contributed by atoms with van der Waals surface area (Å²) in [6, 6.07) is 17.4. The maximum Gasteiger partial charge on any atom is 0.262 e. The van der Waals surface area contributed by atoms with Crippen LogP contribution in [0.25, 0.3) is 10.4 Å². The number of unbranched alkanes of at least 4 members (excludes halogenated alkanes) is 1. The smallest absolute Gasteiger partial charge is 0.262 e. The van der Waals surface area contributed by atoms with Crippen molar-refractivity contribution < 1.29 is 8.42 Å². The zero-order chi connectivity index (χ0) is 18.6. The van der Waals surface area contributed by atoms with Crippen molar-refractivity contribution in [2.75, 3.05) is 4.72 Å². The molecule has 0 aliphatic heterocycles. The number of benzene rings is 2. The van der Waals surface area contributed by atoms with Crippen molar-refractivity contribution >= 4 is 27.0 Å². The lowest BCUT2D eigenvalue weighted by molar-refractivity contribution is 0.600. The number of anilines is 1. The van der Waals surface area contributed by atoms with Gasteiger partial charge in [0.1, 0.15) is 0 Å². The van der Waals surface area contributed by atoms with Crippen LogP contribution in [0.15, 0.2) is 64.9 Å². The Balaban J connectivity index is 1.77. The molecule has 0 amide bonds. The molecule has 0 spiro atoms. The second kappa shape index (κ2) is 8.06. The SMILES string of the molecule is CCCCc1ccc(-c2cc(NS(=O)(=O)c3ccccc3C)cs2)cc1. The molecule has 0 radical (unpaired) electrons. The van der Waals surface area contributed by atoms with Crippen LogP contribution in [0, 0.1) is 6.92 Å². The van der Waals surface area contributed by atoms with E-state index in [1.54, 1.807) is 25.1 Å². The van der Waals surface area contributed by atoms with Crippen LogP contribution in [-0.4, -0.2) is 8.42 Å². The van der Waals surface area contributed by atoms with Crippen LogP contribution in [0.5, 0.6) is 0 Å². The van der Waals surface area contributed by atoms with Gasteiger partial charge in [-0.2, -0.15) is 0 Å². The van der Waals surface area contributed by atoms with Crippen LogP contribution in [0.1, 0.15) is 30.9 Å². The summed E-state index contributed by atoms with van der Waals surface area (Å²) in [7, 11) is -3.57. The van der Waals surface area contributed by atoms with Crippen molar-refractivity contribution in [1.82, 2.24) is 0 Å². The summed E-state index contributed by atoms with van der Waals surface area (Å²) < 4.78 is 27.9. The van der Waals surface area contributed by atoms with Gasteiger partial charge in [-0.25, -0.2) is 8.42 Å². The molecule has 0 aliphatic carbocycles. The first-order valence-electron chi connectivity index (χ1n) is 8.76. The second-order valence-electron chi connectivity index (χ2n) is 6.37. The highest BCUT2D eigenvalue weighted by atomic mass is 32.2. The Labute approximate surface area is 159 Å². The Bertz CT molecular complexity index is 973. The van der Waals surface area contributed by atoms with Gasteiger partial charge < -0.3 is 0 Å². The van der Waals surface area contributed by atoms with E-state index >= 15 is 0 Å². The van der Waals surface area contributed by atoms with Crippen molar-refractivity contribution in [1.29, 1.82) is 0 Å². The molecule has 0 unspecified atom stereocenters. The number of thiophene rings is 1. The van der Waals surface area contributed by atoms with E-state index in [0.717, 1.165) is 22.4 Å². The highest BCUT2D eigenvalue weighted by Crippen LogP contribution is 2.31. The highest BCUT2D eigenvalue weighted by molar-refractivity contribution is 7.92. The predicted octanol–water partition coefficient (Wildman–Crippen LogP) is 5.87. The molecule has 1 N–H and O–H groups in total. The van der Waals surface area contributed by atoms with Gasteiger partial charge in [0.25, 0.3) is 10.0 Å². The second-order valence-corrected chi connectivity index (χ2v) is 8.93. The summed E-state index contributed by atoms with van der Waals surface area (Å²) >= 11 is 1.54. The lowest BCUT2D eigenvalue weighted by Crippen LogP contribution is -2.13. The van der Waals surface area contributed by atoms with E-state index in [2.05, 4.69) is 35.9 Å². The Kier molecular flexibility index (Phi) is 5.79. The van der Waals surface area contributed by atoms with Crippen molar-refractivity contribution in [3.63, 3.8) is 0 Å². The van der Waals surface area contributed by atoms with Gasteiger partial charge in [-0.3, -0.25) is 4.72 Å². The number of rotatable bonds is 7. The molecule has 2 aromatic carbocycles. The normalized spacial score (nSPS) is 11.5. The number of aryl methyl sites for hydroxylation is 2. The van der Waals surface area contributed by atoms with Crippen molar-refractivity contribution in [2.24, 2.45) is 0 Å². The minimum Gasteiger partial charge on any atom is -0.279 e. The van der Waals surface area contributed by atoms with E-state index in [1.165, 1.54) is 29.7 Å². The lowest BCUT2D eigenvalue weighted by atomic mass is 10.1. The molecule has 1 aromatic heterocycles. The summed E-state index contributed by atoms with van der Waals surface area (Å²) in [5.74, 6) is 0. The first kappa shape index (κ1) is 18.7. The summed E-state index contributed by atoms with van der Waals surface area (Å²) in [5.41, 5.74) is 3.78. The maximum absolute atomic E-state index is 12.6. The standard InChI is InChI=1S/C21H23NO2S2/c1-3-4-8-17-10-12-18(13-11-17)20-14-19(15-25-20)22-26(23,24)21-9-6-5-7-16(21)2/h5-7,9-15,22H,3-4,8H2,1-2H3. The van der Waals surface area contributed by atoms with Gasteiger partial charge in [0, 0.05) is 10.3 Å². The highest BCUT2D eigenvalue weighted by Gasteiger charge is 2.17. The van der Waals surface area contributed by atoms with Crippen LogP contribution in [-0.2, 0) is 16.4 Å². The quantitative estimate of drug-likeness (QED) is 0.553. The molecule has 0 saturated carbocycles. The lowest BCUT2D eigenvalue weighted by Gasteiger charge is -2.08. The van der Waals surface area contributed by atoms with Gasteiger partial charge in [-0.15, -0.1) is 11.3 Å². The first-order chi connectivity index (χ1) is 12.5. The molecule has 0 bridgehead atoms. The molecule has 5 heteroatoms. The fourth-order valence-electron chi connectivity index (χ4n) is 2.83. The molecule has 0 atom stereocenters. The first-order valence-corrected chi connectivity index (χ1v) is 11.1. The molecule has 3 aromatic rings. The molecule has 0 aliphatic rings. The monoisotopic (exact) mass is 385 g/mol. The van der Waals surface area contributed by atoms with E-state index in [4.69, 9.17) is 0 Å². The van der Waals surface area contributed by atoms with E-state index < -0.39 is 10.0 Å². The van der Waals surface area contributed by atoms with Crippen molar-refractivity contribution in [2.45, 2.75) is 38.0 Å². The van der Waals surface area contributed by atoms with Crippen molar-refractivity contribution in [3.05, 3.63) is 71.1 Å². The third-order valence-electron chi connectivity index (χ3n) is 4.29. The Morgan fingerprint density at radius 3 is 2.46 bits per heavy atom. The van der Waals surface area contributed by atoms with Crippen LogP contribution in [0.4, 0.5) is 5.69 Å². The van der Waals surface area contributed by atoms with Gasteiger partial charge in [-0.05, 0) is 48.6 Å². The van der Waals surface area contributed by atoms with Crippen LogP contribution in [0.3, 0.4) is 0 Å². The fraction of sp³-hybridized carbons (Fsp3) is 0.238.